The predicted molar refractivity (Wildman–Crippen MR) is 71.8 cm³/mol. The zero-order chi connectivity index (χ0) is 13.1. The lowest BCUT2D eigenvalue weighted by Crippen LogP contribution is -2.31. The van der Waals surface area contributed by atoms with Gasteiger partial charge in [-0.15, -0.1) is 0 Å². The first kappa shape index (κ1) is 12.9. The Hall–Kier alpha value is -1.55. The van der Waals surface area contributed by atoms with Gasteiger partial charge < -0.3 is 15.8 Å². The number of amides is 1. The summed E-state index contributed by atoms with van der Waals surface area (Å²) in [5.41, 5.74) is 8.74. The predicted octanol–water partition coefficient (Wildman–Crippen LogP) is 1.85. The maximum Gasteiger partial charge on any atom is 0.227 e. The van der Waals surface area contributed by atoms with Gasteiger partial charge in [0, 0.05) is 5.92 Å². The molecule has 0 aromatic heterocycles. The van der Waals surface area contributed by atoms with Crippen molar-refractivity contribution in [1.29, 1.82) is 0 Å². The Bertz CT molecular complexity index is 457. The van der Waals surface area contributed by atoms with Crippen LogP contribution in [0, 0.1) is 12.8 Å². The number of carbonyl (C=O) groups is 1. The minimum atomic E-state index is 0.0341. The van der Waals surface area contributed by atoms with E-state index < -0.39 is 0 Å². The molecular formula is C14H20N2O2. The average molecular weight is 248 g/mol. The number of anilines is 1. The quantitative estimate of drug-likeness (QED) is 0.854. The molecule has 1 aliphatic rings. The van der Waals surface area contributed by atoms with Gasteiger partial charge in [-0.25, -0.2) is 0 Å². The van der Waals surface area contributed by atoms with Crippen molar-refractivity contribution in [2.45, 2.75) is 26.2 Å². The highest BCUT2D eigenvalue weighted by molar-refractivity contribution is 5.97. The van der Waals surface area contributed by atoms with Crippen molar-refractivity contribution in [3.05, 3.63) is 23.3 Å². The number of carbonyl (C=O) groups excluding carboxylic acids is 1. The van der Waals surface area contributed by atoms with E-state index in [1.54, 1.807) is 7.11 Å². The lowest BCUT2D eigenvalue weighted by molar-refractivity contribution is -0.120. The van der Waals surface area contributed by atoms with Crippen molar-refractivity contribution in [3.63, 3.8) is 0 Å². The van der Waals surface area contributed by atoms with Gasteiger partial charge in [0.1, 0.15) is 5.75 Å². The molecule has 4 heteroatoms. The minimum Gasteiger partial charge on any atom is -0.495 e. The summed E-state index contributed by atoms with van der Waals surface area (Å²) in [6, 6.07) is 3.93. The highest BCUT2D eigenvalue weighted by atomic mass is 16.5. The molecule has 1 aliphatic heterocycles. The fourth-order valence-corrected chi connectivity index (χ4v) is 2.46. The first-order valence-corrected chi connectivity index (χ1v) is 6.34. The molecule has 0 spiro atoms. The Balaban J connectivity index is 2.30. The summed E-state index contributed by atoms with van der Waals surface area (Å²) in [6.07, 6.45) is 2.51. The molecule has 0 radical (unpaired) electrons. The summed E-state index contributed by atoms with van der Waals surface area (Å²) >= 11 is 0. The molecular weight excluding hydrogens is 228 g/mol. The number of nitrogens with one attached hydrogen (secondary N) is 1. The van der Waals surface area contributed by atoms with Gasteiger partial charge in [-0.05, 0) is 49.9 Å². The van der Waals surface area contributed by atoms with E-state index >= 15 is 0 Å². The molecule has 0 saturated carbocycles. The highest BCUT2D eigenvalue weighted by Crippen LogP contribution is 2.37. The van der Waals surface area contributed by atoms with Crippen LogP contribution in [-0.2, 0) is 11.2 Å². The van der Waals surface area contributed by atoms with E-state index in [4.69, 9.17) is 10.5 Å². The second-order valence-corrected chi connectivity index (χ2v) is 4.76. The highest BCUT2D eigenvalue weighted by Gasteiger charge is 2.28. The van der Waals surface area contributed by atoms with E-state index in [0.29, 0.717) is 6.54 Å². The van der Waals surface area contributed by atoms with Gasteiger partial charge >= 0.3 is 0 Å². The van der Waals surface area contributed by atoms with Crippen molar-refractivity contribution in [2.24, 2.45) is 11.7 Å². The number of rotatable bonds is 4. The molecule has 0 aliphatic carbocycles. The molecule has 1 heterocycles. The third kappa shape index (κ3) is 2.34. The Morgan fingerprint density at radius 2 is 2.28 bits per heavy atom. The molecule has 1 aromatic carbocycles. The SMILES string of the molecule is COc1ccc(C)c2c1NC(=O)C(CCCN)C2. The lowest BCUT2D eigenvalue weighted by atomic mass is 9.87. The number of aryl methyl sites for hydroxylation is 1. The molecule has 1 amide bonds. The molecule has 18 heavy (non-hydrogen) atoms. The van der Waals surface area contributed by atoms with Crippen LogP contribution in [0.4, 0.5) is 5.69 Å². The maximum atomic E-state index is 12.0. The zero-order valence-corrected chi connectivity index (χ0v) is 11.0. The van der Waals surface area contributed by atoms with Gasteiger partial charge in [-0.2, -0.15) is 0 Å². The Morgan fingerprint density at radius 3 is 2.94 bits per heavy atom. The van der Waals surface area contributed by atoms with Crippen LogP contribution in [0.3, 0.4) is 0 Å². The van der Waals surface area contributed by atoms with E-state index in [-0.39, 0.29) is 11.8 Å². The molecule has 1 unspecified atom stereocenters. The van der Waals surface area contributed by atoms with Gasteiger partial charge in [0.2, 0.25) is 5.91 Å². The van der Waals surface area contributed by atoms with E-state index in [9.17, 15) is 4.79 Å². The van der Waals surface area contributed by atoms with Crippen molar-refractivity contribution < 1.29 is 9.53 Å². The summed E-state index contributed by atoms with van der Waals surface area (Å²) < 4.78 is 5.30. The van der Waals surface area contributed by atoms with Gasteiger partial charge in [0.25, 0.3) is 0 Å². The molecule has 0 bridgehead atoms. The number of hydrogen-bond acceptors (Lipinski definition) is 3. The fraction of sp³-hybridized carbons (Fsp3) is 0.500. The first-order valence-electron chi connectivity index (χ1n) is 6.34. The molecule has 1 atom stereocenters. The summed E-state index contributed by atoms with van der Waals surface area (Å²) in [5, 5.41) is 2.97. The van der Waals surface area contributed by atoms with E-state index in [0.717, 1.165) is 30.7 Å². The van der Waals surface area contributed by atoms with Gasteiger partial charge in [0.05, 0.1) is 12.8 Å². The number of methoxy groups -OCH3 is 1. The molecule has 3 N–H and O–H groups in total. The molecule has 1 aromatic rings. The van der Waals surface area contributed by atoms with Crippen LogP contribution in [0.25, 0.3) is 0 Å². The van der Waals surface area contributed by atoms with Crippen molar-refractivity contribution in [3.8, 4) is 5.75 Å². The number of hydrogen-bond donors (Lipinski definition) is 2. The monoisotopic (exact) mass is 248 g/mol. The van der Waals surface area contributed by atoms with Gasteiger partial charge in [-0.1, -0.05) is 6.07 Å². The van der Waals surface area contributed by atoms with Gasteiger partial charge in [0.15, 0.2) is 0 Å². The standard InChI is InChI=1S/C14H20N2O2/c1-9-5-6-12(18-2)13-11(9)8-10(4-3-7-15)14(17)16-13/h5-6,10H,3-4,7-8,15H2,1-2H3,(H,16,17). The van der Waals surface area contributed by atoms with Crippen molar-refractivity contribution in [1.82, 2.24) is 0 Å². The van der Waals surface area contributed by atoms with Crippen LogP contribution in [0.2, 0.25) is 0 Å². The van der Waals surface area contributed by atoms with Crippen LogP contribution < -0.4 is 15.8 Å². The third-order valence-electron chi connectivity index (χ3n) is 3.56. The molecule has 2 rings (SSSR count). The van der Waals surface area contributed by atoms with Crippen LogP contribution >= 0.6 is 0 Å². The Morgan fingerprint density at radius 1 is 1.50 bits per heavy atom. The molecule has 98 valence electrons. The van der Waals surface area contributed by atoms with Crippen molar-refractivity contribution >= 4 is 11.6 Å². The lowest BCUT2D eigenvalue weighted by Gasteiger charge is -2.27. The molecule has 0 saturated heterocycles. The number of nitrogens with two attached hydrogens (primary N) is 1. The normalized spacial score (nSPS) is 18.2. The summed E-state index contributed by atoms with van der Waals surface area (Å²) in [7, 11) is 1.62. The topological polar surface area (TPSA) is 64.3 Å². The Kier molecular flexibility index (Phi) is 3.87. The summed E-state index contributed by atoms with van der Waals surface area (Å²) in [4.78, 5) is 12.0. The number of fused-ring (bicyclic) bond motifs is 1. The van der Waals surface area contributed by atoms with Gasteiger partial charge in [-0.3, -0.25) is 4.79 Å². The van der Waals surface area contributed by atoms with E-state index in [1.165, 1.54) is 11.1 Å². The second kappa shape index (κ2) is 5.40. The number of ether oxygens (including phenoxy) is 1. The molecule has 0 fully saturated rings. The maximum absolute atomic E-state index is 12.0. The fourth-order valence-electron chi connectivity index (χ4n) is 2.46. The largest absolute Gasteiger partial charge is 0.495 e. The van der Waals surface area contributed by atoms with E-state index in [2.05, 4.69) is 12.2 Å². The van der Waals surface area contributed by atoms with Crippen molar-refractivity contribution in [2.75, 3.05) is 19.0 Å². The van der Waals surface area contributed by atoms with Crippen LogP contribution in [0.15, 0.2) is 12.1 Å². The first-order chi connectivity index (χ1) is 8.67. The van der Waals surface area contributed by atoms with E-state index in [1.807, 2.05) is 12.1 Å². The Labute approximate surface area is 108 Å². The smallest absolute Gasteiger partial charge is 0.227 e. The van der Waals surface area contributed by atoms with Crippen LogP contribution in [-0.4, -0.2) is 19.6 Å². The summed E-state index contributed by atoms with van der Waals surface area (Å²) in [6.45, 7) is 2.70. The average Bonchev–Trinajstić information content (AvgIpc) is 2.37. The minimum absolute atomic E-state index is 0.0341. The van der Waals surface area contributed by atoms with Crippen LogP contribution in [0.1, 0.15) is 24.0 Å². The zero-order valence-electron chi connectivity index (χ0n) is 11.0. The second-order valence-electron chi connectivity index (χ2n) is 4.76. The molecule has 4 nitrogen and oxygen atoms in total. The number of benzene rings is 1. The van der Waals surface area contributed by atoms with Crippen LogP contribution in [0.5, 0.6) is 5.75 Å². The third-order valence-corrected chi connectivity index (χ3v) is 3.56. The summed E-state index contributed by atoms with van der Waals surface area (Å²) in [5.74, 6) is 0.855.